The molecule has 0 radical (unpaired) electrons. The van der Waals surface area contributed by atoms with Crippen LogP contribution in [0.4, 0.5) is 0 Å². The van der Waals surface area contributed by atoms with Gasteiger partial charge in [0.25, 0.3) is 0 Å². The van der Waals surface area contributed by atoms with E-state index >= 15 is 0 Å². The third-order valence-corrected chi connectivity index (χ3v) is 3.78. The maximum absolute atomic E-state index is 11.0. The number of hydrogen-bond donors (Lipinski definition) is 1. The Morgan fingerprint density at radius 2 is 1.86 bits per heavy atom. The molecule has 3 rings (SSSR count). The van der Waals surface area contributed by atoms with Crippen molar-refractivity contribution in [1.82, 2.24) is 4.98 Å². The van der Waals surface area contributed by atoms with Crippen LogP contribution in [0.2, 0.25) is 0 Å². The van der Waals surface area contributed by atoms with Gasteiger partial charge in [-0.1, -0.05) is 30.3 Å². The summed E-state index contributed by atoms with van der Waals surface area (Å²) in [6.07, 6.45) is 3.51. The number of nitrogens with zero attached hydrogens (tertiary/aromatic N) is 2. The number of nitriles is 1. The van der Waals surface area contributed by atoms with Gasteiger partial charge in [-0.3, -0.25) is 4.98 Å². The quantitative estimate of drug-likeness (QED) is 0.779. The zero-order valence-electron chi connectivity index (χ0n) is 11.6. The first-order valence-electron chi connectivity index (χ1n) is 6.69. The lowest BCUT2D eigenvalue weighted by Gasteiger charge is -2.26. The molecule has 0 saturated heterocycles. The van der Waals surface area contributed by atoms with Gasteiger partial charge in [-0.2, -0.15) is 5.26 Å². The van der Waals surface area contributed by atoms with Crippen molar-refractivity contribution in [2.45, 2.75) is 12.5 Å². The van der Waals surface area contributed by atoms with Crippen molar-refractivity contribution >= 4 is 10.8 Å². The van der Waals surface area contributed by atoms with Crippen LogP contribution < -0.4 is 0 Å². The average molecular weight is 274 g/mol. The fourth-order valence-corrected chi connectivity index (χ4v) is 2.56. The van der Waals surface area contributed by atoms with E-state index in [-0.39, 0.29) is 0 Å². The van der Waals surface area contributed by atoms with E-state index in [9.17, 15) is 5.11 Å². The molecule has 3 heteroatoms. The highest BCUT2D eigenvalue weighted by molar-refractivity contribution is 5.86. The van der Waals surface area contributed by atoms with Crippen molar-refractivity contribution in [3.05, 3.63) is 77.6 Å². The van der Waals surface area contributed by atoms with Gasteiger partial charge < -0.3 is 5.11 Å². The van der Waals surface area contributed by atoms with Gasteiger partial charge in [0.1, 0.15) is 5.60 Å². The first-order valence-corrected chi connectivity index (χ1v) is 6.69. The molecule has 0 saturated carbocycles. The Kier molecular flexibility index (Phi) is 3.17. The highest BCUT2D eigenvalue weighted by atomic mass is 16.3. The minimum Gasteiger partial charge on any atom is -0.381 e. The number of fused-ring (bicyclic) bond motifs is 1. The van der Waals surface area contributed by atoms with E-state index in [1.54, 1.807) is 43.6 Å². The summed E-state index contributed by atoms with van der Waals surface area (Å²) in [7, 11) is 0. The first kappa shape index (κ1) is 13.3. The Morgan fingerprint density at radius 3 is 2.57 bits per heavy atom. The molecule has 0 bridgehead atoms. The van der Waals surface area contributed by atoms with Crippen LogP contribution in [0, 0.1) is 11.3 Å². The summed E-state index contributed by atoms with van der Waals surface area (Å²) in [6.45, 7) is 1.76. The van der Waals surface area contributed by atoms with Crippen LogP contribution in [0.25, 0.3) is 10.8 Å². The second-order valence-corrected chi connectivity index (χ2v) is 5.16. The molecule has 3 nitrogen and oxygen atoms in total. The fourth-order valence-electron chi connectivity index (χ4n) is 2.56. The molecule has 1 heterocycles. The summed E-state index contributed by atoms with van der Waals surface area (Å²) in [5, 5.41) is 21.8. The standard InChI is InChI=1S/C18H14N2O/c1-18(21,15-7-5-13(11-19)6-8-15)17-4-2-3-14-9-10-20-12-16(14)17/h2-10,12,21H,1H3. The van der Waals surface area contributed by atoms with Crippen molar-refractivity contribution in [2.75, 3.05) is 0 Å². The topological polar surface area (TPSA) is 56.9 Å². The van der Waals surface area contributed by atoms with E-state index in [0.717, 1.165) is 21.9 Å². The Bertz CT molecular complexity index is 824. The minimum absolute atomic E-state index is 0.578. The van der Waals surface area contributed by atoms with E-state index in [2.05, 4.69) is 11.1 Å². The summed E-state index contributed by atoms with van der Waals surface area (Å²) in [4.78, 5) is 4.15. The third-order valence-electron chi connectivity index (χ3n) is 3.78. The van der Waals surface area contributed by atoms with Crippen LogP contribution in [0.15, 0.2) is 60.9 Å². The molecule has 0 aliphatic carbocycles. The maximum atomic E-state index is 11.0. The van der Waals surface area contributed by atoms with Crippen LogP contribution in [-0.4, -0.2) is 10.1 Å². The van der Waals surface area contributed by atoms with Crippen molar-refractivity contribution in [3.8, 4) is 6.07 Å². The first-order chi connectivity index (χ1) is 10.1. The second kappa shape index (κ2) is 5.01. The van der Waals surface area contributed by atoms with Gasteiger partial charge in [0, 0.05) is 17.8 Å². The van der Waals surface area contributed by atoms with Gasteiger partial charge in [0.15, 0.2) is 0 Å². The van der Waals surface area contributed by atoms with E-state index < -0.39 is 5.60 Å². The van der Waals surface area contributed by atoms with Crippen molar-refractivity contribution < 1.29 is 5.11 Å². The van der Waals surface area contributed by atoms with Gasteiger partial charge >= 0.3 is 0 Å². The molecule has 3 aromatic rings. The van der Waals surface area contributed by atoms with Crippen LogP contribution in [0.3, 0.4) is 0 Å². The summed E-state index contributed by atoms with van der Waals surface area (Å²) in [5.41, 5.74) is 0.987. The molecule has 0 spiro atoms. The van der Waals surface area contributed by atoms with Crippen LogP contribution >= 0.6 is 0 Å². The van der Waals surface area contributed by atoms with E-state index in [1.165, 1.54) is 0 Å². The zero-order valence-corrected chi connectivity index (χ0v) is 11.6. The van der Waals surface area contributed by atoms with E-state index in [0.29, 0.717) is 5.56 Å². The Labute approximate surface area is 123 Å². The number of rotatable bonds is 2. The molecule has 21 heavy (non-hydrogen) atoms. The highest BCUT2D eigenvalue weighted by Gasteiger charge is 2.27. The normalized spacial score (nSPS) is 13.6. The monoisotopic (exact) mass is 274 g/mol. The number of benzene rings is 2. The van der Waals surface area contributed by atoms with E-state index in [4.69, 9.17) is 5.26 Å². The van der Waals surface area contributed by atoms with Crippen LogP contribution in [-0.2, 0) is 5.60 Å². The number of aliphatic hydroxyl groups is 1. The number of pyridine rings is 1. The van der Waals surface area contributed by atoms with Crippen molar-refractivity contribution in [3.63, 3.8) is 0 Å². The average Bonchev–Trinajstić information content (AvgIpc) is 2.54. The minimum atomic E-state index is -1.14. The zero-order chi connectivity index (χ0) is 14.9. The lowest BCUT2D eigenvalue weighted by molar-refractivity contribution is 0.104. The summed E-state index contributed by atoms with van der Waals surface area (Å²) >= 11 is 0. The predicted octanol–water partition coefficient (Wildman–Crippen LogP) is 3.36. The summed E-state index contributed by atoms with van der Waals surface area (Å²) in [6, 6.07) is 16.8. The van der Waals surface area contributed by atoms with Gasteiger partial charge in [0.05, 0.1) is 11.6 Å². The van der Waals surface area contributed by atoms with Crippen LogP contribution in [0.5, 0.6) is 0 Å². The largest absolute Gasteiger partial charge is 0.381 e. The van der Waals surface area contributed by atoms with Gasteiger partial charge in [0.2, 0.25) is 0 Å². The molecule has 0 aliphatic heterocycles. The molecule has 0 aliphatic rings. The SMILES string of the molecule is CC(O)(c1ccc(C#N)cc1)c1cccc2ccncc12. The molecule has 1 unspecified atom stereocenters. The number of aromatic nitrogens is 1. The Balaban J connectivity index is 2.17. The lowest BCUT2D eigenvalue weighted by Crippen LogP contribution is -2.23. The van der Waals surface area contributed by atoms with Gasteiger partial charge in [-0.05, 0) is 41.6 Å². The molecule has 1 aromatic heterocycles. The van der Waals surface area contributed by atoms with Crippen molar-refractivity contribution in [2.24, 2.45) is 0 Å². The highest BCUT2D eigenvalue weighted by Crippen LogP contribution is 2.33. The van der Waals surface area contributed by atoms with Crippen LogP contribution in [0.1, 0.15) is 23.6 Å². The second-order valence-electron chi connectivity index (χ2n) is 5.16. The van der Waals surface area contributed by atoms with E-state index in [1.807, 2.05) is 24.3 Å². The molecule has 102 valence electrons. The molecule has 1 atom stereocenters. The fraction of sp³-hybridized carbons (Fsp3) is 0.111. The number of hydrogen-bond acceptors (Lipinski definition) is 3. The summed E-state index contributed by atoms with van der Waals surface area (Å²) in [5.74, 6) is 0. The smallest absolute Gasteiger partial charge is 0.112 e. The molecule has 1 N–H and O–H groups in total. The van der Waals surface area contributed by atoms with Gasteiger partial charge in [-0.25, -0.2) is 0 Å². The summed E-state index contributed by atoms with van der Waals surface area (Å²) < 4.78 is 0. The molecular formula is C18H14N2O. The van der Waals surface area contributed by atoms with Crippen molar-refractivity contribution in [1.29, 1.82) is 5.26 Å². The Hall–Kier alpha value is -2.70. The molecule has 2 aromatic carbocycles. The maximum Gasteiger partial charge on any atom is 0.112 e. The molecule has 0 fully saturated rings. The molecule has 0 amide bonds. The third kappa shape index (κ3) is 2.26. The Morgan fingerprint density at radius 1 is 1.10 bits per heavy atom. The lowest BCUT2D eigenvalue weighted by atomic mass is 9.85. The molecular weight excluding hydrogens is 260 g/mol. The van der Waals surface area contributed by atoms with Gasteiger partial charge in [-0.15, -0.1) is 0 Å². The predicted molar refractivity (Wildman–Crippen MR) is 81.6 cm³/mol.